The van der Waals surface area contributed by atoms with Crippen LogP contribution < -0.4 is 16.0 Å². The Bertz CT molecular complexity index is 645. The highest BCUT2D eigenvalue weighted by Gasteiger charge is 2.27. The van der Waals surface area contributed by atoms with E-state index in [1.54, 1.807) is 7.05 Å². The first-order chi connectivity index (χ1) is 13.0. The molecule has 0 saturated carbocycles. The molecule has 1 saturated heterocycles. The lowest BCUT2D eigenvalue weighted by atomic mass is 10.1. The first-order valence-electron chi connectivity index (χ1n) is 9.56. The molecule has 0 aromatic heterocycles. The molecule has 2 amide bonds. The number of nitrogens with one attached hydrogen (secondary N) is 3. The molecule has 0 aliphatic carbocycles. The van der Waals surface area contributed by atoms with Crippen molar-refractivity contribution in [3.05, 3.63) is 35.9 Å². The Morgan fingerprint density at radius 1 is 1.22 bits per heavy atom. The summed E-state index contributed by atoms with van der Waals surface area (Å²) < 4.78 is 0. The van der Waals surface area contributed by atoms with E-state index in [2.05, 4.69) is 20.9 Å². The molecule has 1 unspecified atom stereocenters. The van der Waals surface area contributed by atoms with E-state index in [-0.39, 0.29) is 30.3 Å². The zero-order valence-electron chi connectivity index (χ0n) is 16.5. The van der Waals surface area contributed by atoms with Crippen molar-refractivity contribution in [2.45, 2.75) is 32.7 Å². The third-order valence-electron chi connectivity index (χ3n) is 4.55. The molecule has 0 bridgehead atoms. The maximum absolute atomic E-state index is 12.1. The van der Waals surface area contributed by atoms with E-state index in [9.17, 15) is 9.59 Å². The number of likely N-dealkylation sites (tertiary alicyclic amines) is 1. The number of aliphatic imine (C=N–C) groups is 1. The van der Waals surface area contributed by atoms with E-state index < -0.39 is 0 Å². The number of hydrogen-bond acceptors (Lipinski definition) is 3. The summed E-state index contributed by atoms with van der Waals surface area (Å²) in [6.07, 6.45) is 1.68. The molecule has 1 fully saturated rings. The van der Waals surface area contributed by atoms with Crippen LogP contribution in [0.1, 0.15) is 25.8 Å². The third kappa shape index (κ3) is 6.92. The van der Waals surface area contributed by atoms with Gasteiger partial charge >= 0.3 is 0 Å². The minimum absolute atomic E-state index is 0.0146. The molecule has 0 spiro atoms. The van der Waals surface area contributed by atoms with Crippen LogP contribution in [0.2, 0.25) is 0 Å². The van der Waals surface area contributed by atoms with Crippen LogP contribution in [0.4, 0.5) is 0 Å². The van der Waals surface area contributed by atoms with Gasteiger partial charge in [-0.2, -0.15) is 0 Å². The van der Waals surface area contributed by atoms with Gasteiger partial charge in [0, 0.05) is 38.6 Å². The fourth-order valence-corrected chi connectivity index (χ4v) is 3.05. The first-order valence-corrected chi connectivity index (χ1v) is 9.56. The minimum atomic E-state index is -0.0723. The molecule has 7 heteroatoms. The van der Waals surface area contributed by atoms with Crippen molar-refractivity contribution in [2.75, 3.05) is 33.2 Å². The molecule has 7 nitrogen and oxygen atoms in total. The van der Waals surface area contributed by atoms with Crippen molar-refractivity contribution in [2.24, 2.45) is 10.9 Å². The van der Waals surface area contributed by atoms with Gasteiger partial charge in [0.15, 0.2) is 5.96 Å². The lowest BCUT2D eigenvalue weighted by Crippen LogP contribution is -2.48. The third-order valence-corrected chi connectivity index (χ3v) is 4.55. The quantitative estimate of drug-likeness (QED) is 0.487. The van der Waals surface area contributed by atoms with Crippen LogP contribution in [-0.4, -0.2) is 61.9 Å². The monoisotopic (exact) mass is 373 g/mol. The lowest BCUT2D eigenvalue weighted by Gasteiger charge is -2.20. The zero-order valence-corrected chi connectivity index (χ0v) is 16.5. The van der Waals surface area contributed by atoms with E-state index in [0.29, 0.717) is 19.0 Å². The van der Waals surface area contributed by atoms with Crippen LogP contribution in [0.5, 0.6) is 0 Å². The van der Waals surface area contributed by atoms with Gasteiger partial charge in [-0.3, -0.25) is 14.6 Å². The molecule has 2 rings (SSSR count). The van der Waals surface area contributed by atoms with Gasteiger partial charge in [-0.05, 0) is 18.4 Å². The molecule has 1 aromatic carbocycles. The van der Waals surface area contributed by atoms with Crippen molar-refractivity contribution in [1.29, 1.82) is 0 Å². The average Bonchev–Trinajstić information content (AvgIpc) is 3.13. The van der Waals surface area contributed by atoms with Gasteiger partial charge in [0.1, 0.15) is 0 Å². The Morgan fingerprint density at radius 3 is 2.63 bits per heavy atom. The Hall–Kier alpha value is -2.57. The fraction of sp³-hybridized carbons (Fsp3) is 0.550. The molecule has 1 atom stereocenters. The molecule has 1 aliphatic rings. The lowest BCUT2D eigenvalue weighted by molar-refractivity contribution is -0.133. The van der Waals surface area contributed by atoms with Gasteiger partial charge in [-0.25, -0.2) is 0 Å². The van der Waals surface area contributed by atoms with E-state index in [1.165, 1.54) is 5.56 Å². The van der Waals surface area contributed by atoms with E-state index in [0.717, 1.165) is 19.4 Å². The molecule has 3 N–H and O–H groups in total. The highest BCUT2D eigenvalue weighted by Crippen LogP contribution is 2.12. The van der Waals surface area contributed by atoms with Gasteiger partial charge in [-0.15, -0.1) is 0 Å². The smallest absolute Gasteiger partial charge is 0.239 e. The van der Waals surface area contributed by atoms with Crippen LogP contribution in [-0.2, 0) is 16.0 Å². The normalized spacial score (nSPS) is 17.1. The highest BCUT2D eigenvalue weighted by atomic mass is 16.2. The molecular formula is C20H31N5O2. The SMILES string of the molecule is CN=C(NCC(=O)NCCc1ccccc1)NC1CCN(C(=O)C(C)C)C1. The summed E-state index contributed by atoms with van der Waals surface area (Å²) in [7, 11) is 1.68. The predicted octanol–water partition coefficient (Wildman–Crippen LogP) is 0.767. The summed E-state index contributed by atoms with van der Waals surface area (Å²) in [4.78, 5) is 30.1. The van der Waals surface area contributed by atoms with E-state index in [4.69, 9.17) is 0 Å². The topological polar surface area (TPSA) is 85.8 Å². The van der Waals surface area contributed by atoms with Gasteiger partial charge < -0.3 is 20.9 Å². The van der Waals surface area contributed by atoms with Gasteiger partial charge in [0.2, 0.25) is 11.8 Å². The minimum Gasteiger partial charge on any atom is -0.354 e. The summed E-state index contributed by atoms with van der Waals surface area (Å²) in [6.45, 7) is 6.02. The maximum atomic E-state index is 12.1. The standard InChI is InChI=1S/C20H31N5O2/c1-15(2)19(27)25-12-10-17(14-25)24-20(21-3)23-13-18(26)22-11-9-16-7-5-4-6-8-16/h4-8,15,17H,9-14H2,1-3H3,(H,22,26)(H2,21,23,24). The number of rotatable bonds is 7. The summed E-state index contributed by atoms with van der Waals surface area (Å²) in [5.41, 5.74) is 1.20. The first kappa shape index (κ1) is 20.7. The fourth-order valence-electron chi connectivity index (χ4n) is 3.05. The Labute approximate surface area is 161 Å². The predicted molar refractivity (Wildman–Crippen MR) is 107 cm³/mol. The van der Waals surface area contributed by atoms with Gasteiger partial charge in [-0.1, -0.05) is 44.2 Å². The van der Waals surface area contributed by atoms with Crippen molar-refractivity contribution < 1.29 is 9.59 Å². The van der Waals surface area contributed by atoms with Crippen LogP contribution in [0.3, 0.4) is 0 Å². The number of benzene rings is 1. The maximum Gasteiger partial charge on any atom is 0.239 e. The Morgan fingerprint density at radius 2 is 1.96 bits per heavy atom. The number of amides is 2. The number of nitrogens with zero attached hydrogens (tertiary/aromatic N) is 2. The average molecular weight is 374 g/mol. The van der Waals surface area contributed by atoms with E-state index in [1.807, 2.05) is 49.1 Å². The summed E-state index contributed by atoms with van der Waals surface area (Å²) in [5.74, 6) is 0.704. The van der Waals surface area contributed by atoms with Crippen LogP contribution >= 0.6 is 0 Å². The second kappa shape index (κ2) is 10.5. The van der Waals surface area contributed by atoms with E-state index >= 15 is 0 Å². The molecule has 1 aromatic rings. The second-order valence-corrected chi connectivity index (χ2v) is 7.08. The zero-order chi connectivity index (χ0) is 19.6. The Balaban J connectivity index is 1.66. The van der Waals surface area contributed by atoms with Crippen molar-refractivity contribution >= 4 is 17.8 Å². The summed E-state index contributed by atoms with van der Waals surface area (Å²) in [5, 5.41) is 9.23. The van der Waals surface area contributed by atoms with Crippen molar-refractivity contribution in [3.63, 3.8) is 0 Å². The summed E-state index contributed by atoms with van der Waals surface area (Å²) in [6, 6.07) is 10.2. The number of carbonyl (C=O) groups excluding carboxylic acids is 2. The molecule has 148 valence electrons. The second-order valence-electron chi connectivity index (χ2n) is 7.08. The molecule has 27 heavy (non-hydrogen) atoms. The van der Waals surface area contributed by atoms with Crippen LogP contribution in [0.15, 0.2) is 35.3 Å². The van der Waals surface area contributed by atoms with Crippen molar-refractivity contribution in [3.8, 4) is 0 Å². The van der Waals surface area contributed by atoms with Crippen molar-refractivity contribution in [1.82, 2.24) is 20.9 Å². The summed E-state index contributed by atoms with van der Waals surface area (Å²) >= 11 is 0. The Kier molecular flexibility index (Phi) is 8.10. The molecular weight excluding hydrogens is 342 g/mol. The molecule has 1 heterocycles. The number of hydrogen-bond donors (Lipinski definition) is 3. The number of guanidine groups is 1. The molecule has 1 aliphatic heterocycles. The molecule has 0 radical (unpaired) electrons. The number of carbonyl (C=O) groups is 2. The van der Waals surface area contributed by atoms with Gasteiger partial charge in [0.05, 0.1) is 6.54 Å². The largest absolute Gasteiger partial charge is 0.354 e. The van der Waals surface area contributed by atoms with Gasteiger partial charge in [0.25, 0.3) is 0 Å². The highest BCUT2D eigenvalue weighted by molar-refractivity contribution is 5.86. The van der Waals surface area contributed by atoms with Crippen LogP contribution in [0, 0.1) is 5.92 Å². The van der Waals surface area contributed by atoms with Crippen LogP contribution in [0.25, 0.3) is 0 Å².